The fourth-order valence-electron chi connectivity index (χ4n) is 2.83. The second kappa shape index (κ2) is 13.1. The monoisotopic (exact) mass is 497 g/mol. The van der Waals surface area contributed by atoms with Crippen molar-refractivity contribution >= 4 is 10.1 Å². The lowest BCUT2D eigenvalue weighted by molar-refractivity contribution is -0.127. The third kappa shape index (κ3) is 14.7. The molecule has 3 N–H and O–H groups in total. The van der Waals surface area contributed by atoms with Crippen molar-refractivity contribution in [3.05, 3.63) is 0 Å². The molecule has 0 bridgehead atoms. The van der Waals surface area contributed by atoms with Gasteiger partial charge in [-0.15, -0.1) is 0 Å². The minimum absolute atomic E-state index is 0.0710. The van der Waals surface area contributed by atoms with Crippen molar-refractivity contribution in [2.45, 2.75) is 105 Å². The average Bonchev–Trinajstić information content (AvgIpc) is 2.61. The van der Waals surface area contributed by atoms with E-state index in [1.54, 1.807) is 0 Å². The van der Waals surface area contributed by atoms with Gasteiger partial charge in [-0.1, -0.05) is 20.8 Å². The molecule has 2 unspecified atom stereocenters. The standard InChI is InChI=1S/C24H51NO7S/c1-19(17-32-24(9,10)22(5,6)12-14-31-21(2,3)4)23(7,8)25-16-20(26)18-30-13-11-15-33(27,28)29/h19-20,25-26H,11-18H2,1-10H3,(H,27,28,29). The highest BCUT2D eigenvalue weighted by atomic mass is 32.2. The van der Waals surface area contributed by atoms with Gasteiger partial charge in [-0.05, 0) is 72.6 Å². The number of ether oxygens (including phenoxy) is 3. The molecule has 2 atom stereocenters. The van der Waals surface area contributed by atoms with Crippen molar-refractivity contribution in [3.8, 4) is 0 Å². The fraction of sp³-hybridized carbons (Fsp3) is 1.00. The Morgan fingerprint density at radius 3 is 2.00 bits per heavy atom. The van der Waals surface area contributed by atoms with Crippen LogP contribution in [0.15, 0.2) is 0 Å². The topological polar surface area (TPSA) is 114 Å². The second-order valence-electron chi connectivity index (χ2n) is 11.8. The molecule has 0 aromatic carbocycles. The Bertz CT molecular complexity index is 654. The number of aliphatic hydroxyl groups excluding tert-OH is 1. The summed E-state index contributed by atoms with van der Waals surface area (Å²) >= 11 is 0. The molecule has 0 amide bonds. The largest absolute Gasteiger partial charge is 0.389 e. The van der Waals surface area contributed by atoms with Crippen LogP contribution in [-0.2, 0) is 24.3 Å². The molecule has 0 rings (SSSR count). The van der Waals surface area contributed by atoms with Crippen molar-refractivity contribution in [2.24, 2.45) is 11.3 Å². The van der Waals surface area contributed by atoms with E-state index in [-0.39, 0.29) is 53.5 Å². The van der Waals surface area contributed by atoms with Gasteiger partial charge in [0.2, 0.25) is 0 Å². The maximum Gasteiger partial charge on any atom is 0.264 e. The molecule has 0 radical (unpaired) electrons. The quantitative estimate of drug-likeness (QED) is 0.206. The van der Waals surface area contributed by atoms with Gasteiger partial charge in [0.05, 0.1) is 36.3 Å². The Morgan fingerprint density at radius 2 is 1.48 bits per heavy atom. The summed E-state index contributed by atoms with van der Waals surface area (Å²) in [6.07, 6.45) is 0.359. The zero-order chi connectivity index (χ0) is 26.1. The first-order valence-electron chi connectivity index (χ1n) is 11.9. The van der Waals surface area contributed by atoms with Crippen LogP contribution in [0.25, 0.3) is 0 Å². The normalized spacial score (nSPS) is 16.1. The highest BCUT2D eigenvalue weighted by Crippen LogP contribution is 2.38. The van der Waals surface area contributed by atoms with E-state index in [2.05, 4.69) is 74.6 Å². The van der Waals surface area contributed by atoms with Gasteiger partial charge in [-0.25, -0.2) is 0 Å². The smallest absolute Gasteiger partial charge is 0.264 e. The van der Waals surface area contributed by atoms with Gasteiger partial charge < -0.3 is 24.6 Å². The predicted molar refractivity (Wildman–Crippen MR) is 133 cm³/mol. The number of rotatable bonds is 17. The van der Waals surface area contributed by atoms with Crippen LogP contribution in [-0.4, -0.2) is 79.6 Å². The predicted octanol–water partition coefficient (Wildman–Crippen LogP) is 3.67. The van der Waals surface area contributed by atoms with E-state index in [0.717, 1.165) is 6.42 Å². The van der Waals surface area contributed by atoms with E-state index in [9.17, 15) is 13.5 Å². The van der Waals surface area contributed by atoms with E-state index >= 15 is 0 Å². The van der Waals surface area contributed by atoms with Gasteiger partial charge in [0.15, 0.2) is 0 Å². The molecule has 8 nitrogen and oxygen atoms in total. The summed E-state index contributed by atoms with van der Waals surface area (Å²) in [7, 11) is -3.97. The van der Waals surface area contributed by atoms with Gasteiger partial charge in [-0.3, -0.25) is 4.55 Å². The van der Waals surface area contributed by atoms with Gasteiger partial charge in [-0.2, -0.15) is 8.42 Å². The number of nitrogens with one attached hydrogen (secondary N) is 1. The van der Waals surface area contributed by atoms with Gasteiger partial charge >= 0.3 is 0 Å². The molecule has 0 saturated carbocycles. The third-order valence-electron chi connectivity index (χ3n) is 6.61. The molecule has 0 aromatic heterocycles. The summed E-state index contributed by atoms with van der Waals surface area (Å²) in [4.78, 5) is 0. The Balaban J connectivity index is 4.47. The van der Waals surface area contributed by atoms with Gasteiger partial charge in [0, 0.05) is 25.3 Å². The molecular weight excluding hydrogens is 446 g/mol. The molecule has 0 heterocycles. The van der Waals surface area contributed by atoms with Gasteiger partial charge in [0.1, 0.15) is 0 Å². The lowest BCUT2D eigenvalue weighted by Gasteiger charge is -2.44. The van der Waals surface area contributed by atoms with Crippen molar-refractivity contribution in [3.63, 3.8) is 0 Å². The van der Waals surface area contributed by atoms with Crippen molar-refractivity contribution in [2.75, 3.05) is 38.7 Å². The maximum absolute atomic E-state index is 10.7. The summed E-state index contributed by atoms with van der Waals surface area (Å²) in [5.74, 6) is -0.163. The molecule has 33 heavy (non-hydrogen) atoms. The lowest BCUT2D eigenvalue weighted by atomic mass is 9.74. The van der Waals surface area contributed by atoms with Crippen molar-refractivity contribution in [1.82, 2.24) is 5.32 Å². The number of hydrogen-bond acceptors (Lipinski definition) is 7. The molecule has 0 aliphatic carbocycles. The van der Waals surface area contributed by atoms with E-state index in [4.69, 9.17) is 18.8 Å². The average molecular weight is 498 g/mol. The summed E-state index contributed by atoms with van der Waals surface area (Å²) in [6.45, 7) is 23.0. The van der Waals surface area contributed by atoms with Crippen LogP contribution in [0.2, 0.25) is 0 Å². The zero-order valence-corrected chi connectivity index (χ0v) is 23.5. The SMILES string of the molecule is CC(COC(C)(C)C(C)(C)CCOC(C)(C)C)C(C)(C)NCC(O)COCCCS(=O)(=O)O. The minimum Gasteiger partial charge on any atom is -0.389 e. The molecule has 200 valence electrons. The Kier molecular flexibility index (Phi) is 13.0. The Morgan fingerprint density at radius 1 is 0.909 bits per heavy atom. The van der Waals surface area contributed by atoms with Gasteiger partial charge in [0.25, 0.3) is 10.1 Å². The lowest BCUT2D eigenvalue weighted by Crippen LogP contribution is -2.51. The van der Waals surface area contributed by atoms with Crippen LogP contribution < -0.4 is 5.32 Å². The summed E-state index contributed by atoms with van der Waals surface area (Å²) in [5, 5.41) is 13.5. The van der Waals surface area contributed by atoms with Crippen LogP contribution in [0.1, 0.15) is 82.1 Å². The van der Waals surface area contributed by atoms with E-state index < -0.39 is 16.2 Å². The number of aliphatic hydroxyl groups is 1. The molecule has 0 aliphatic heterocycles. The van der Waals surface area contributed by atoms with Crippen molar-refractivity contribution in [1.29, 1.82) is 0 Å². The van der Waals surface area contributed by atoms with Crippen LogP contribution in [0.3, 0.4) is 0 Å². The zero-order valence-electron chi connectivity index (χ0n) is 22.7. The summed E-state index contributed by atoms with van der Waals surface area (Å²) in [5.41, 5.74) is -0.838. The number of hydrogen-bond donors (Lipinski definition) is 3. The molecule has 0 spiro atoms. The summed E-state index contributed by atoms with van der Waals surface area (Å²) < 4.78 is 47.7. The molecule has 0 aromatic rings. The highest BCUT2D eigenvalue weighted by Gasteiger charge is 2.39. The Hall–Kier alpha value is -0.290. The third-order valence-corrected chi connectivity index (χ3v) is 7.42. The molecular formula is C24H51NO7S. The minimum atomic E-state index is -3.97. The van der Waals surface area contributed by atoms with Crippen LogP contribution in [0, 0.1) is 11.3 Å². The van der Waals surface area contributed by atoms with E-state index in [1.807, 2.05) is 0 Å². The Labute approximate surface area is 202 Å². The molecule has 0 saturated heterocycles. The second-order valence-corrected chi connectivity index (χ2v) is 13.4. The maximum atomic E-state index is 10.7. The first kappa shape index (κ1) is 32.7. The molecule has 9 heteroatoms. The highest BCUT2D eigenvalue weighted by molar-refractivity contribution is 7.85. The van der Waals surface area contributed by atoms with Crippen LogP contribution in [0.4, 0.5) is 0 Å². The van der Waals surface area contributed by atoms with E-state index in [1.165, 1.54) is 0 Å². The first-order valence-corrected chi connectivity index (χ1v) is 13.5. The molecule has 0 aliphatic rings. The summed E-state index contributed by atoms with van der Waals surface area (Å²) in [6, 6.07) is 0. The number of β-amino-alcohol motifs (C(OH)–C–C–N with tert-alkyl or cyclic N) is 1. The fourth-order valence-corrected chi connectivity index (χ4v) is 3.31. The van der Waals surface area contributed by atoms with Crippen LogP contribution in [0.5, 0.6) is 0 Å². The van der Waals surface area contributed by atoms with E-state index in [0.29, 0.717) is 19.8 Å². The van der Waals surface area contributed by atoms with Crippen LogP contribution >= 0.6 is 0 Å². The van der Waals surface area contributed by atoms with Crippen molar-refractivity contribution < 1.29 is 32.3 Å². The first-order chi connectivity index (χ1) is 14.7. The molecule has 0 fully saturated rings.